The number of nitrogens with two attached hydrogens (primary N) is 1. The van der Waals surface area contributed by atoms with Crippen molar-refractivity contribution in [3.63, 3.8) is 0 Å². The van der Waals surface area contributed by atoms with E-state index >= 15 is 0 Å². The molecule has 2 heterocycles. The van der Waals surface area contributed by atoms with Gasteiger partial charge in [0.2, 0.25) is 0 Å². The van der Waals surface area contributed by atoms with Crippen molar-refractivity contribution in [1.29, 1.82) is 0 Å². The van der Waals surface area contributed by atoms with Crippen LogP contribution in [0.3, 0.4) is 0 Å². The fourth-order valence-electron chi connectivity index (χ4n) is 1.90. The molecule has 1 aliphatic heterocycles. The summed E-state index contributed by atoms with van der Waals surface area (Å²) in [6, 6.07) is 3.98. The first-order valence-electron chi connectivity index (χ1n) is 5.50. The molecule has 4 heteroatoms. The van der Waals surface area contributed by atoms with Gasteiger partial charge in [-0.05, 0) is 43.0 Å². The van der Waals surface area contributed by atoms with Gasteiger partial charge >= 0.3 is 0 Å². The molecule has 1 atom stereocenters. The average Bonchev–Trinajstić information content (AvgIpc) is 2.31. The van der Waals surface area contributed by atoms with Gasteiger partial charge in [-0.15, -0.1) is 0 Å². The van der Waals surface area contributed by atoms with E-state index in [0.717, 1.165) is 30.7 Å². The third kappa shape index (κ3) is 2.40. The molecule has 3 N–H and O–H groups in total. The van der Waals surface area contributed by atoms with Crippen molar-refractivity contribution in [2.45, 2.75) is 25.8 Å². The number of nitrogens with one attached hydrogen (secondary N) is 1. The van der Waals surface area contributed by atoms with Crippen LogP contribution in [0.1, 0.15) is 30.1 Å². The van der Waals surface area contributed by atoms with E-state index < -0.39 is 0 Å². The lowest BCUT2D eigenvalue weighted by Gasteiger charge is -2.22. The van der Waals surface area contributed by atoms with Gasteiger partial charge in [-0.1, -0.05) is 0 Å². The number of nitrogens with zero attached hydrogens (tertiary/aromatic N) is 1. The molecular formula is C12H17N3O. The molecule has 86 valence electrons. The number of pyridine rings is 1. The van der Waals surface area contributed by atoms with Crippen molar-refractivity contribution in [3.8, 4) is 0 Å². The molecule has 0 amide bonds. The van der Waals surface area contributed by atoms with Gasteiger partial charge in [0.15, 0.2) is 0 Å². The van der Waals surface area contributed by atoms with E-state index in [1.807, 2.05) is 19.1 Å². The van der Waals surface area contributed by atoms with Crippen LogP contribution in [-0.2, 0) is 4.74 Å². The van der Waals surface area contributed by atoms with Crippen molar-refractivity contribution >= 4 is 0 Å². The van der Waals surface area contributed by atoms with Gasteiger partial charge < -0.3 is 4.74 Å². The second-order valence-corrected chi connectivity index (χ2v) is 4.02. The van der Waals surface area contributed by atoms with E-state index in [1.54, 1.807) is 12.5 Å². The second-order valence-electron chi connectivity index (χ2n) is 4.02. The van der Waals surface area contributed by atoms with Gasteiger partial charge in [0.25, 0.3) is 0 Å². The quantitative estimate of drug-likeness (QED) is 0.598. The fourth-order valence-corrected chi connectivity index (χ4v) is 1.90. The van der Waals surface area contributed by atoms with Crippen LogP contribution in [0.25, 0.3) is 0 Å². The Morgan fingerprint density at radius 3 is 3.06 bits per heavy atom. The molecular weight excluding hydrogens is 202 g/mol. The van der Waals surface area contributed by atoms with Crippen molar-refractivity contribution in [2.75, 3.05) is 6.61 Å². The number of aromatic nitrogens is 1. The Bertz CT molecular complexity index is 390. The van der Waals surface area contributed by atoms with Gasteiger partial charge in [0.05, 0.1) is 24.6 Å². The van der Waals surface area contributed by atoms with E-state index in [4.69, 9.17) is 10.6 Å². The van der Waals surface area contributed by atoms with Crippen molar-refractivity contribution in [3.05, 3.63) is 41.4 Å². The van der Waals surface area contributed by atoms with Crippen LogP contribution < -0.4 is 11.3 Å². The van der Waals surface area contributed by atoms with Crippen molar-refractivity contribution < 1.29 is 4.74 Å². The Balaban J connectivity index is 2.25. The predicted octanol–water partition coefficient (Wildman–Crippen LogP) is 1.59. The summed E-state index contributed by atoms with van der Waals surface area (Å²) in [4.78, 5) is 4.35. The Morgan fingerprint density at radius 1 is 1.56 bits per heavy atom. The Hall–Kier alpha value is -1.39. The highest BCUT2D eigenvalue weighted by Crippen LogP contribution is 2.25. The van der Waals surface area contributed by atoms with E-state index in [1.165, 1.54) is 5.56 Å². The predicted molar refractivity (Wildman–Crippen MR) is 62.3 cm³/mol. The van der Waals surface area contributed by atoms with Gasteiger partial charge in [-0.2, -0.15) is 0 Å². The number of ether oxygens (including phenoxy) is 1. The van der Waals surface area contributed by atoms with E-state index in [0.29, 0.717) is 0 Å². The molecule has 1 unspecified atom stereocenters. The van der Waals surface area contributed by atoms with Crippen LogP contribution in [0.2, 0.25) is 0 Å². The van der Waals surface area contributed by atoms with Crippen molar-refractivity contribution in [2.24, 2.45) is 5.84 Å². The highest BCUT2D eigenvalue weighted by molar-refractivity contribution is 5.25. The maximum Gasteiger partial charge on any atom is 0.0876 e. The summed E-state index contributed by atoms with van der Waals surface area (Å²) < 4.78 is 5.33. The van der Waals surface area contributed by atoms with E-state index in [9.17, 15) is 0 Å². The number of hydrazine groups is 1. The Kier molecular flexibility index (Phi) is 3.54. The largest absolute Gasteiger partial charge is 0.501 e. The Morgan fingerprint density at radius 2 is 2.44 bits per heavy atom. The summed E-state index contributed by atoms with van der Waals surface area (Å²) >= 11 is 0. The van der Waals surface area contributed by atoms with Crippen LogP contribution in [0.15, 0.2) is 30.2 Å². The maximum absolute atomic E-state index is 5.60. The summed E-state index contributed by atoms with van der Waals surface area (Å²) in [5.41, 5.74) is 6.09. The minimum absolute atomic E-state index is 0.0415. The molecule has 0 saturated heterocycles. The molecule has 0 bridgehead atoms. The van der Waals surface area contributed by atoms with Gasteiger partial charge in [0.1, 0.15) is 0 Å². The molecule has 1 aromatic heterocycles. The SMILES string of the molecule is Cc1ccnc(C(NN)C2=COCCC2)c1. The summed E-state index contributed by atoms with van der Waals surface area (Å²) in [7, 11) is 0. The maximum atomic E-state index is 5.60. The molecule has 16 heavy (non-hydrogen) atoms. The molecule has 0 aromatic carbocycles. The number of aryl methyl sites for hydroxylation is 1. The van der Waals surface area contributed by atoms with Crippen LogP contribution in [0, 0.1) is 6.92 Å². The topological polar surface area (TPSA) is 60.2 Å². The summed E-state index contributed by atoms with van der Waals surface area (Å²) in [6.45, 7) is 2.84. The summed E-state index contributed by atoms with van der Waals surface area (Å²) in [5, 5.41) is 0. The van der Waals surface area contributed by atoms with Crippen LogP contribution in [0.5, 0.6) is 0 Å². The monoisotopic (exact) mass is 219 g/mol. The van der Waals surface area contributed by atoms with Crippen LogP contribution in [0.4, 0.5) is 0 Å². The molecule has 1 aliphatic rings. The van der Waals surface area contributed by atoms with Crippen molar-refractivity contribution in [1.82, 2.24) is 10.4 Å². The second kappa shape index (κ2) is 5.09. The zero-order chi connectivity index (χ0) is 11.4. The lowest BCUT2D eigenvalue weighted by Crippen LogP contribution is -2.31. The summed E-state index contributed by atoms with van der Waals surface area (Å²) in [6.07, 6.45) is 5.65. The molecule has 2 rings (SSSR count). The first kappa shape index (κ1) is 11.1. The highest BCUT2D eigenvalue weighted by atomic mass is 16.5. The first-order chi connectivity index (χ1) is 7.81. The normalized spacial score (nSPS) is 17.5. The van der Waals surface area contributed by atoms with Crippen LogP contribution >= 0.6 is 0 Å². The number of rotatable bonds is 3. The lowest BCUT2D eigenvalue weighted by molar-refractivity contribution is 0.219. The third-order valence-electron chi connectivity index (χ3n) is 2.73. The molecule has 0 aliphatic carbocycles. The molecule has 0 spiro atoms. The van der Waals surface area contributed by atoms with Gasteiger partial charge in [-0.25, -0.2) is 5.43 Å². The van der Waals surface area contributed by atoms with Gasteiger partial charge in [0, 0.05) is 6.20 Å². The number of hydrogen-bond acceptors (Lipinski definition) is 4. The van der Waals surface area contributed by atoms with Gasteiger partial charge in [-0.3, -0.25) is 10.8 Å². The summed E-state index contributed by atoms with van der Waals surface area (Å²) in [5.74, 6) is 5.60. The molecule has 1 aromatic rings. The zero-order valence-electron chi connectivity index (χ0n) is 9.44. The van der Waals surface area contributed by atoms with E-state index in [2.05, 4.69) is 10.4 Å². The molecule has 0 fully saturated rings. The first-order valence-corrected chi connectivity index (χ1v) is 5.50. The van der Waals surface area contributed by atoms with Crippen LogP contribution in [-0.4, -0.2) is 11.6 Å². The molecule has 0 radical (unpaired) electrons. The molecule has 0 saturated carbocycles. The smallest absolute Gasteiger partial charge is 0.0876 e. The lowest BCUT2D eigenvalue weighted by atomic mass is 9.99. The zero-order valence-corrected chi connectivity index (χ0v) is 9.44. The standard InChI is InChI=1S/C12H17N3O/c1-9-4-5-14-11(7-9)12(15-13)10-3-2-6-16-8-10/h4-5,7-8,12,15H,2-3,6,13H2,1H3. The fraction of sp³-hybridized carbons (Fsp3) is 0.417. The van der Waals surface area contributed by atoms with E-state index in [-0.39, 0.29) is 6.04 Å². The third-order valence-corrected chi connectivity index (χ3v) is 2.73. The molecule has 4 nitrogen and oxygen atoms in total. The average molecular weight is 219 g/mol. The Labute approximate surface area is 95.5 Å². The minimum atomic E-state index is -0.0415. The minimum Gasteiger partial charge on any atom is -0.501 e. The number of hydrogen-bond donors (Lipinski definition) is 2. The highest BCUT2D eigenvalue weighted by Gasteiger charge is 2.18.